The van der Waals surface area contributed by atoms with E-state index in [1.807, 2.05) is 0 Å². The summed E-state index contributed by atoms with van der Waals surface area (Å²) in [5.74, 6) is 4.30. The van der Waals surface area contributed by atoms with Crippen LogP contribution in [0.4, 0.5) is 0 Å². The molecule has 1 N–H and O–H groups in total. The van der Waals surface area contributed by atoms with Crippen LogP contribution < -0.4 is 5.32 Å². The van der Waals surface area contributed by atoms with Crippen molar-refractivity contribution in [2.24, 2.45) is 45.8 Å². The lowest BCUT2D eigenvalue weighted by atomic mass is 9.56. The van der Waals surface area contributed by atoms with E-state index < -0.39 is 0 Å². The number of allylic oxidation sites excluding steroid dienone is 2. The summed E-state index contributed by atoms with van der Waals surface area (Å²) >= 11 is 0. The molecule has 0 bridgehead atoms. The zero-order valence-corrected chi connectivity index (χ0v) is 20.0. The largest absolute Gasteiger partial charge is 0.369 e. The molecule has 2 saturated heterocycles. The topological polar surface area (TPSA) is 38.3 Å². The van der Waals surface area contributed by atoms with Crippen molar-refractivity contribution < 1.29 is 9.53 Å². The van der Waals surface area contributed by atoms with Gasteiger partial charge in [0, 0.05) is 23.8 Å². The maximum Gasteiger partial charge on any atom is 0.155 e. The first kappa shape index (κ1) is 19.8. The predicted octanol–water partition coefficient (Wildman–Crippen LogP) is 5.29. The predicted molar refractivity (Wildman–Crippen MR) is 121 cm³/mol. The molecule has 0 radical (unpaired) electrons. The number of ether oxygens (including phenoxy) is 1. The van der Waals surface area contributed by atoms with Crippen LogP contribution in [0.3, 0.4) is 0 Å². The van der Waals surface area contributed by atoms with Gasteiger partial charge in [-0.15, -0.1) is 0 Å². The third kappa shape index (κ3) is 2.13. The smallest absolute Gasteiger partial charge is 0.155 e. The van der Waals surface area contributed by atoms with E-state index in [0.717, 1.165) is 43.1 Å². The summed E-state index contributed by atoms with van der Waals surface area (Å²) in [5, 5.41) is 3.90. The summed E-state index contributed by atoms with van der Waals surface area (Å²) in [6.45, 7) is 11.2. The van der Waals surface area contributed by atoms with Gasteiger partial charge in [-0.05, 0) is 98.5 Å². The average molecular weight is 424 g/mol. The van der Waals surface area contributed by atoms with Crippen molar-refractivity contribution >= 4 is 5.78 Å². The van der Waals surface area contributed by atoms with E-state index in [1.54, 1.807) is 0 Å². The van der Waals surface area contributed by atoms with Gasteiger partial charge in [-0.25, -0.2) is 0 Å². The Morgan fingerprint density at radius 1 is 1.10 bits per heavy atom. The maximum absolute atomic E-state index is 12.2. The molecular formula is C28H41NO2. The minimum atomic E-state index is 0.0888. The number of rotatable bonds is 0. The lowest BCUT2D eigenvalue weighted by Crippen LogP contribution is -2.53. The second-order valence-electron chi connectivity index (χ2n) is 13.5. The van der Waals surface area contributed by atoms with Crippen molar-refractivity contribution in [2.45, 2.75) is 103 Å². The molecule has 2 spiro atoms. The van der Waals surface area contributed by atoms with Gasteiger partial charge in [0.25, 0.3) is 0 Å². The van der Waals surface area contributed by atoms with Crippen molar-refractivity contribution in [3.8, 4) is 0 Å². The first-order valence-electron chi connectivity index (χ1n) is 13.4. The van der Waals surface area contributed by atoms with Crippen LogP contribution in [0.2, 0.25) is 0 Å². The van der Waals surface area contributed by atoms with E-state index in [2.05, 4.69) is 39.1 Å². The van der Waals surface area contributed by atoms with E-state index in [1.165, 1.54) is 50.5 Å². The Morgan fingerprint density at radius 3 is 2.77 bits per heavy atom. The summed E-state index contributed by atoms with van der Waals surface area (Å²) in [6.07, 6.45) is 13.6. The Hall–Kier alpha value is -0.670. The van der Waals surface area contributed by atoms with E-state index >= 15 is 0 Å². The Morgan fingerprint density at radius 2 is 1.94 bits per heavy atom. The Labute approximate surface area is 188 Å². The van der Waals surface area contributed by atoms with Crippen molar-refractivity contribution in [2.75, 3.05) is 6.54 Å². The highest BCUT2D eigenvalue weighted by molar-refractivity contribution is 5.91. The molecule has 0 aromatic heterocycles. The number of hydrogen-bond acceptors (Lipinski definition) is 3. The van der Waals surface area contributed by atoms with Crippen LogP contribution in [-0.2, 0) is 9.53 Å². The highest BCUT2D eigenvalue weighted by Gasteiger charge is 2.84. The highest BCUT2D eigenvalue weighted by Crippen LogP contribution is 2.87. The summed E-state index contributed by atoms with van der Waals surface area (Å²) < 4.78 is 7.22. The van der Waals surface area contributed by atoms with Gasteiger partial charge in [-0.3, -0.25) is 4.79 Å². The standard InChI is InChI=1S/C28H41NO2/c1-16-11-23-24(29-14-16)17(2)28(31-23)10-8-21-20-6-5-18-12-19(30)7-9-25(18,3)22(20)13-27(21)15-26(27,28)4/h12,16-17,20-24,29H,5-11,13-15H2,1-4H3/t16-,17+,20-,21-,22-,23+,24-,25-,26?,27?,28+/m0/s1. The number of ketones is 1. The molecule has 7 rings (SSSR count). The molecule has 31 heavy (non-hydrogen) atoms. The molecule has 2 aliphatic heterocycles. The van der Waals surface area contributed by atoms with Gasteiger partial charge in [0.15, 0.2) is 5.78 Å². The first-order valence-corrected chi connectivity index (χ1v) is 13.4. The lowest BCUT2D eigenvalue weighted by Gasteiger charge is -2.50. The summed E-state index contributed by atoms with van der Waals surface area (Å²) in [6, 6.07) is 0.558. The van der Waals surface area contributed by atoms with Crippen LogP contribution in [0.25, 0.3) is 0 Å². The molecule has 7 aliphatic rings. The van der Waals surface area contributed by atoms with E-state index in [4.69, 9.17) is 4.74 Å². The molecule has 0 aromatic rings. The summed E-state index contributed by atoms with van der Waals surface area (Å²) in [4.78, 5) is 12.2. The molecule has 0 amide bonds. The minimum absolute atomic E-state index is 0.0888. The molecule has 170 valence electrons. The molecule has 5 aliphatic carbocycles. The molecule has 11 atom stereocenters. The second-order valence-corrected chi connectivity index (χ2v) is 13.5. The summed E-state index contributed by atoms with van der Waals surface area (Å²) in [5.41, 5.74) is 2.74. The van der Waals surface area contributed by atoms with Crippen LogP contribution >= 0.6 is 0 Å². The third-order valence-electron chi connectivity index (χ3n) is 12.6. The molecular weight excluding hydrogens is 382 g/mol. The van der Waals surface area contributed by atoms with E-state index in [9.17, 15) is 4.79 Å². The van der Waals surface area contributed by atoms with Crippen molar-refractivity contribution in [3.63, 3.8) is 0 Å². The fourth-order valence-electron chi connectivity index (χ4n) is 11.0. The van der Waals surface area contributed by atoms with Gasteiger partial charge in [0.1, 0.15) is 0 Å². The molecule has 2 unspecified atom stereocenters. The third-order valence-corrected chi connectivity index (χ3v) is 12.6. The number of nitrogens with one attached hydrogen (secondary N) is 1. The average Bonchev–Trinajstić information content (AvgIpc) is 3.08. The molecule has 4 saturated carbocycles. The van der Waals surface area contributed by atoms with Gasteiger partial charge in [0.2, 0.25) is 0 Å². The van der Waals surface area contributed by atoms with Gasteiger partial charge in [0.05, 0.1) is 11.7 Å². The van der Waals surface area contributed by atoms with E-state index in [0.29, 0.717) is 34.7 Å². The maximum atomic E-state index is 12.2. The highest BCUT2D eigenvalue weighted by atomic mass is 16.5. The minimum Gasteiger partial charge on any atom is -0.369 e. The van der Waals surface area contributed by atoms with Crippen LogP contribution in [0, 0.1) is 45.8 Å². The van der Waals surface area contributed by atoms with Crippen molar-refractivity contribution in [1.29, 1.82) is 0 Å². The van der Waals surface area contributed by atoms with Gasteiger partial charge < -0.3 is 10.1 Å². The number of carbonyl (C=O) groups is 1. The Bertz CT molecular complexity index is 880. The number of carbonyl (C=O) groups excluding carboxylic acids is 1. The molecule has 6 fully saturated rings. The van der Waals surface area contributed by atoms with Gasteiger partial charge in [-0.2, -0.15) is 0 Å². The fourth-order valence-corrected chi connectivity index (χ4v) is 11.0. The first-order chi connectivity index (χ1) is 14.7. The van der Waals surface area contributed by atoms with E-state index in [-0.39, 0.29) is 11.0 Å². The fraction of sp³-hybridized carbons (Fsp3) is 0.893. The van der Waals surface area contributed by atoms with Crippen LogP contribution in [0.15, 0.2) is 11.6 Å². The SMILES string of the molecule is C[C@@H]1CN[C@H]2[C@@H](C)[C@@]3(CC[C@H]4[C@@H]5CCC6=CC(=O)CC[C@]6(C)[C@H]5CC45CC53C)O[C@@H]2C1. The lowest BCUT2D eigenvalue weighted by molar-refractivity contribution is -0.147. The van der Waals surface area contributed by atoms with Crippen LogP contribution in [0.1, 0.15) is 85.5 Å². The van der Waals surface area contributed by atoms with Crippen molar-refractivity contribution in [3.05, 3.63) is 11.6 Å². The Balaban J connectivity index is 1.24. The quantitative estimate of drug-likeness (QED) is 0.575. The monoisotopic (exact) mass is 423 g/mol. The normalized spacial score (nSPS) is 61.7. The number of fused-ring (bicyclic) bond motifs is 6. The van der Waals surface area contributed by atoms with Gasteiger partial charge in [-0.1, -0.05) is 33.3 Å². The summed E-state index contributed by atoms with van der Waals surface area (Å²) in [7, 11) is 0. The van der Waals surface area contributed by atoms with Crippen LogP contribution in [0.5, 0.6) is 0 Å². The zero-order chi connectivity index (χ0) is 21.4. The molecule has 3 nitrogen and oxygen atoms in total. The van der Waals surface area contributed by atoms with Crippen molar-refractivity contribution in [1.82, 2.24) is 5.32 Å². The number of hydrogen-bond donors (Lipinski definition) is 1. The van der Waals surface area contributed by atoms with Gasteiger partial charge >= 0.3 is 0 Å². The molecule has 3 heteroatoms. The second kappa shape index (κ2) is 5.87. The number of piperidine rings is 1. The molecule has 2 heterocycles. The zero-order valence-electron chi connectivity index (χ0n) is 20.0. The Kier molecular flexibility index (Phi) is 3.74. The molecule has 0 aromatic carbocycles. The van der Waals surface area contributed by atoms with Crippen LogP contribution in [-0.4, -0.2) is 30.1 Å².